The zero-order valence-electron chi connectivity index (χ0n) is 14.6. The number of hydrogen-bond acceptors (Lipinski definition) is 3. The van der Waals surface area contributed by atoms with Crippen molar-refractivity contribution >= 4 is 8.60 Å². The summed E-state index contributed by atoms with van der Waals surface area (Å²) >= 11 is 0. The van der Waals surface area contributed by atoms with Crippen molar-refractivity contribution in [2.75, 3.05) is 0 Å². The second kappa shape index (κ2) is 8.04. The normalized spacial score (nSPS) is 10.6. The second-order valence-corrected chi connectivity index (χ2v) is 6.79. The van der Waals surface area contributed by atoms with Crippen molar-refractivity contribution in [3.8, 4) is 17.2 Å². The minimum atomic E-state index is -1.64. The maximum Gasteiger partial charge on any atom is 0.530 e. The van der Waals surface area contributed by atoms with E-state index in [-0.39, 0.29) is 0 Å². The fourth-order valence-electron chi connectivity index (χ4n) is 2.27. The van der Waals surface area contributed by atoms with Crippen molar-refractivity contribution < 1.29 is 13.6 Å². The molecule has 0 saturated carbocycles. The molecule has 0 unspecified atom stereocenters. The highest BCUT2D eigenvalue weighted by atomic mass is 31.2. The Balaban J connectivity index is 1.86. The highest BCUT2D eigenvalue weighted by molar-refractivity contribution is 7.43. The third kappa shape index (κ3) is 4.52. The van der Waals surface area contributed by atoms with Crippen LogP contribution in [-0.4, -0.2) is 0 Å². The van der Waals surface area contributed by atoms with Gasteiger partial charge in [0, 0.05) is 0 Å². The lowest BCUT2D eigenvalue weighted by atomic mass is 10.2. The van der Waals surface area contributed by atoms with Crippen LogP contribution in [0, 0.1) is 20.8 Å². The van der Waals surface area contributed by atoms with Crippen LogP contribution >= 0.6 is 8.60 Å². The van der Waals surface area contributed by atoms with E-state index in [9.17, 15) is 0 Å². The van der Waals surface area contributed by atoms with Crippen molar-refractivity contribution in [1.82, 2.24) is 0 Å². The summed E-state index contributed by atoms with van der Waals surface area (Å²) in [6.45, 7) is 6.01. The van der Waals surface area contributed by atoms with E-state index in [0.717, 1.165) is 33.9 Å². The van der Waals surface area contributed by atoms with Gasteiger partial charge in [0.2, 0.25) is 0 Å². The van der Waals surface area contributed by atoms with Gasteiger partial charge in [-0.15, -0.1) is 0 Å². The standard InChI is InChI=1S/C21H21O3P/c1-16-10-4-7-13-19(16)22-25(23-20-14-8-5-11-17(20)2)24-21-15-9-6-12-18(21)3/h4-15H,1-3H3. The zero-order chi connectivity index (χ0) is 17.6. The van der Waals surface area contributed by atoms with Crippen LogP contribution in [0.1, 0.15) is 16.7 Å². The number of para-hydroxylation sites is 3. The lowest BCUT2D eigenvalue weighted by molar-refractivity contribution is 0.385. The molecule has 0 spiro atoms. The molecule has 0 bridgehead atoms. The van der Waals surface area contributed by atoms with Gasteiger partial charge in [-0.3, -0.25) is 0 Å². The largest absolute Gasteiger partial charge is 0.530 e. The first-order chi connectivity index (χ1) is 12.1. The third-order valence-electron chi connectivity index (χ3n) is 3.80. The molecular formula is C21H21O3P. The Kier molecular flexibility index (Phi) is 5.57. The molecule has 0 aliphatic carbocycles. The summed E-state index contributed by atoms with van der Waals surface area (Å²) in [4.78, 5) is 0. The Hall–Kier alpha value is -2.51. The van der Waals surface area contributed by atoms with E-state index in [1.807, 2.05) is 93.6 Å². The molecule has 128 valence electrons. The first kappa shape index (κ1) is 17.3. The van der Waals surface area contributed by atoms with Gasteiger partial charge >= 0.3 is 8.60 Å². The van der Waals surface area contributed by atoms with Gasteiger partial charge in [0.15, 0.2) is 0 Å². The van der Waals surface area contributed by atoms with Gasteiger partial charge in [0.25, 0.3) is 0 Å². The molecule has 0 atom stereocenters. The van der Waals surface area contributed by atoms with E-state index in [1.165, 1.54) is 0 Å². The molecule has 25 heavy (non-hydrogen) atoms. The predicted octanol–water partition coefficient (Wildman–Crippen LogP) is 6.38. The number of aryl methyl sites for hydroxylation is 3. The Morgan fingerprint density at radius 1 is 0.480 bits per heavy atom. The summed E-state index contributed by atoms with van der Waals surface area (Å²) in [5.74, 6) is 2.28. The fraction of sp³-hybridized carbons (Fsp3) is 0.143. The monoisotopic (exact) mass is 352 g/mol. The van der Waals surface area contributed by atoms with Gasteiger partial charge in [-0.05, 0) is 55.7 Å². The second-order valence-electron chi connectivity index (χ2n) is 5.79. The molecule has 0 heterocycles. The van der Waals surface area contributed by atoms with Gasteiger partial charge in [-0.2, -0.15) is 0 Å². The van der Waals surface area contributed by atoms with Gasteiger partial charge in [0.05, 0.1) is 0 Å². The van der Waals surface area contributed by atoms with Crippen LogP contribution in [0.3, 0.4) is 0 Å². The SMILES string of the molecule is Cc1ccccc1OP(Oc1ccccc1C)Oc1ccccc1C. The van der Waals surface area contributed by atoms with Crippen molar-refractivity contribution in [2.24, 2.45) is 0 Å². The molecule has 3 aromatic rings. The molecule has 3 aromatic carbocycles. The van der Waals surface area contributed by atoms with E-state index in [0.29, 0.717) is 0 Å². The molecule has 3 nitrogen and oxygen atoms in total. The number of rotatable bonds is 6. The van der Waals surface area contributed by atoms with E-state index in [4.69, 9.17) is 13.6 Å². The molecule has 0 aromatic heterocycles. The van der Waals surface area contributed by atoms with Crippen molar-refractivity contribution in [2.45, 2.75) is 20.8 Å². The van der Waals surface area contributed by atoms with E-state index in [1.54, 1.807) is 0 Å². The average molecular weight is 352 g/mol. The van der Waals surface area contributed by atoms with Gasteiger partial charge < -0.3 is 13.6 Å². The first-order valence-corrected chi connectivity index (χ1v) is 9.24. The maximum absolute atomic E-state index is 6.08. The lowest BCUT2D eigenvalue weighted by Crippen LogP contribution is -2.04. The highest BCUT2D eigenvalue weighted by Gasteiger charge is 2.22. The van der Waals surface area contributed by atoms with Crippen molar-refractivity contribution in [3.63, 3.8) is 0 Å². The molecular weight excluding hydrogens is 331 g/mol. The Morgan fingerprint density at radius 3 is 1.04 bits per heavy atom. The van der Waals surface area contributed by atoms with E-state index in [2.05, 4.69) is 0 Å². The highest BCUT2D eigenvalue weighted by Crippen LogP contribution is 2.44. The molecule has 0 radical (unpaired) electrons. The van der Waals surface area contributed by atoms with Gasteiger partial charge in [-0.25, -0.2) is 0 Å². The Labute approximate surface area is 150 Å². The topological polar surface area (TPSA) is 27.7 Å². The summed E-state index contributed by atoms with van der Waals surface area (Å²) in [7, 11) is -1.64. The fourth-order valence-corrected chi connectivity index (χ4v) is 3.48. The molecule has 0 saturated heterocycles. The van der Waals surface area contributed by atoms with Crippen molar-refractivity contribution in [3.05, 3.63) is 89.5 Å². The Bertz CT molecular complexity index is 735. The van der Waals surface area contributed by atoms with E-state index < -0.39 is 8.60 Å². The Morgan fingerprint density at radius 2 is 0.760 bits per heavy atom. The van der Waals surface area contributed by atoms with Crippen LogP contribution in [-0.2, 0) is 0 Å². The number of benzene rings is 3. The quantitative estimate of drug-likeness (QED) is 0.482. The summed E-state index contributed by atoms with van der Waals surface area (Å²) < 4.78 is 18.3. The lowest BCUT2D eigenvalue weighted by Gasteiger charge is -2.20. The predicted molar refractivity (Wildman–Crippen MR) is 102 cm³/mol. The van der Waals surface area contributed by atoms with Gasteiger partial charge in [-0.1, -0.05) is 54.6 Å². The minimum Gasteiger partial charge on any atom is -0.408 e. The molecule has 3 rings (SSSR count). The van der Waals surface area contributed by atoms with Crippen LogP contribution in [0.4, 0.5) is 0 Å². The van der Waals surface area contributed by atoms with Crippen LogP contribution in [0.15, 0.2) is 72.8 Å². The summed E-state index contributed by atoms with van der Waals surface area (Å²) in [5, 5.41) is 0. The third-order valence-corrected chi connectivity index (χ3v) is 4.84. The number of hydrogen-bond donors (Lipinski definition) is 0. The molecule has 0 amide bonds. The van der Waals surface area contributed by atoms with E-state index >= 15 is 0 Å². The van der Waals surface area contributed by atoms with Crippen LogP contribution < -0.4 is 13.6 Å². The zero-order valence-corrected chi connectivity index (χ0v) is 15.5. The average Bonchev–Trinajstić information content (AvgIpc) is 2.61. The molecule has 0 aliphatic heterocycles. The van der Waals surface area contributed by atoms with Crippen LogP contribution in [0.2, 0.25) is 0 Å². The minimum absolute atomic E-state index is 0.760. The smallest absolute Gasteiger partial charge is 0.408 e. The maximum atomic E-state index is 6.08. The molecule has 0 N–H and O–H groups in total. The summed E-state index contributed by atoms with van der Waals surface area (Å²) in [5.41, 5.74) is 3.12. The summed E-state index contributed by atoms with van der Waals surface area (Å²) in [6, 6.07) is 23.6. The van der Waals surface area contributed by atoms with Crippen molar-refractivity contribution in [1.29, 1.82) is 0 Å². The van der Waals surface area contributed by atoms with Crippen LogP contribution in [0.5, 0.6) is 17.2 Å². The summed E-state index contributed by atoms with van der Waals surface area (Å²) in [6.07, 6.45) is 0. The molecule has 0 aliphatic rings. The van der Waals surface area contributed by atoms with Gasteiger partial charge in [0.1, 0.15) is 17.2 Å². The molecule has 4 heteroatoms. The van der Waals surface area contributed by atoms with Crippen LogP contribution in [0.25, 0.3) is 0 Å². The first-order valence-electron chi connectivity index (χ1n) is 8.14. The molecule has 0 fully saturated rings.